The van der Waals surface area contributed by atoms with Gasteiger partial charge in [0.25, 0.3) is 0 Å². The van der Waals surface area contributed by atoms with Crippen LogP contribution < -0.4 is 16.8 Å². The molecule has 6 N–H and O–H groups in total. The van der Waals surface area contributed by atoms with E-state index < -0.39 is 5.97 Å². The Morgan fingerprint density at radius 3 is 1.90 bits per heavy atom. The van der Waals surface area contributed by atoms with Crippen molar-refractivity contribution in [1.82, 2.24) is 10.2 Å². The third kappa shape index (κ3) is 12.5. The van der Waals surface area contributed by atoms with Crippen LogP contribution >= 0.6 is 0 Å². The van der Waals surface area contributed by atoms with Crippen LogP contribution in [0.15, 0.2) is 0 Å². The van der Waals surface area contributed by atoms with Gasteiger partial charge in [-0.15, -0.1) is 0 Å². The van der Waals surface area contributed by atoms with Crippen LogP contribution in [-0.4, -0.2) is 59.1 Å². The Balaban J connectivity index is 4.42. The van der Waals surface area contributed by atoms with Gasteiger partial charge in [-0.05, 0) is 70.9 Å². The lowest BCUT2D eigenvalue weighted by Crippen LogP contribution is -2.43. The van der Waals surface area contributed by atoms with Crippen LogP contribution in [0.1, 0.15) is 98.3 Å². The summed E-state index contributed by atoms with van der Waals surface area (Å²) in [7, 11) is 0. The maximum Gasteiger partial charge on any atom is 0.303 e. The van der Waals surface area contributed by atoms with Crippen molar-refractivity contribution < 1.29 is 14.7 Å². The van der Waals surface area contributed by atoms with Crippen LogP contribution in [0, 0.1) is 0 Å². The van der Waals surface area contributed by atoms with E-state index in [1.165, 1.54) is 0 Å². The molecule has 0 unspecified atom stereocenters. The normalized spacial score (nSPS) is 12.2. The number of hydrogen-bond donors (Lipinski definition) is 4. The minimum atomic E-state index is -0.856. The number of rotatable bonds is 19. The summed E-state index contributed by atoms with van der Waals surface area (Å²) in [6.45, 7) is 11.6. The molecule has 0 aromatic rings. The van der Waals surface area contributed by atoms with Gasteiger partial charge in [-0.2, -0.15) is 0 Å². The number of amides is 1. The molecule has 178 valence electrons. The minimum Gasteiger partial charge on any atom is -0.481 e. The fourth-order valence-electron chi connectivity index (χ4n) is 3.49. The Bertz CT molecular complexity index is 477. The Morgan fingerprint density at radius 1 is 0.800 bits per heavy atom. The van der Waals surface area contributed by atoms with Crippen LogP contribution in [0.5, 0.6) is 0 Å². The smallest absolute Gasteiger partial charge is 0.303 e. The number of nitrogens with one attached hydrogen (secondary N) is 1. The molecule has 1 amide bonds. The van der Waals surface area contributed by atoms with Crippen LogP contribution in [0.3, 0.4) is 0 Å². The second-order valence-corrected chi connectivity index (χ2v) is 8.72. The number of aliphatic carboxylic acids is 1. The van der Waals surface area contributed by atoms with Crippen molar-refractivity contribution in [3.63, 3.8) is 0 Å². The van der Waals surface area contributed by atoms with Gasteiger partial charge in [0.1, 0.15) is 0 Å². The summed E-state index contributed by atoms with van der Waals surface area (Å²) < 4.78 is 0. The fourth-order valence-corrected chi connectivity index (χ4v) is 3.49. The van der Waals surface area contributed by atoms with E-state index in [2.05, 4.69) is 33.0 Å². The summed E-state index contributed by atoms with van der Waals surface area (Å²) in [5.41, 5.74) is 12.4. The highest BCUT2D eigenvalue weighted by atomic mass is 16.4. The molecule has 0 radical (unpaired) electrons. The van der Waals surface area contributed by atoms with Crippen molar-refractivity contribution in [2.75, 3.05) is 26.2 Å². The lowest BCUT2D eigenvalue weighted by Gasteiger charge is -2.31. The molecular weight excluding hydrogens is 380 g/mol. The zero-order chi connectivity index (χ0) is 23.0. The van der Waals surface area contributed by atoms with Crippen molar-refractivity contribution in [3.8, 4) is 0 Å². The molecule has 7 heteroatoms. The average Bonchev–Trinajstić information content (AvgIpc) is 2.74. The third-order valence-corrected chi connectivity index (χ3v) is 6.66. The number of unbranched alkanes of at least 4 members (excludes halogenated alkanes) is 1. The van der Waals surface area contributed by atoms with E-state index in [1.807, 2.05) is 4.90 Å². The molecule has 0 aromatic carbocycles. The Kier molecular flexibility index (Phi) is 15.0. The quantitative estimate of drug-likeness (QED) is 0.234. The van der Waals surface area contributed by atoms with Crippen molar-refractivity contribution in [1.29, 1.82) is 0 Å². The highest BCUT2D eigenvalue weighted by molar-refractivity contribution is 5.77. The van der Waals surface area contributed by atoms with Crippen molar-refractivity contribution >= 4 is 11.9 Å². The topological polar surface area (TPSA) is 122 Å². The first-order valence-electron chi connectivity index (χ1n) is 11.9. The zero-order valence-corrected chi connectivity index (χ0v) is 20.0. The summed E-state index contributed by atoms with van der Waals surface area (Å²) in [5.74, 6) is -0.816. The summed E-state index contributed by atoms with van der Waals surface area (Å²) >= 11 is 0. The number of hydrogen-bond acceptors (Lipinski definition) is 5. The first-order valence-corrected chi connectivity index (χ1v) is 11.9. The van der Waals surface area contributed by atoms with Gasteiger partial charge < -0.3 is 26.8 Å². The molecule has 0 aromatic heterocycles. The molecule has 0 saturated heterocycles. The molecular formula is C23H48N4O3. The van der Waals surface area contributed by atoms with E-state index in [4.69, 9.17) is 16.6 Å². The minimum absolute atomic E-state index is 0.0341. The lowest BCUT2D eigenvalue weighted by atomic mass is 9.90. The number of carbonyl (C=O) groups excluding carboxylic acids is 1. The number of carboxylic acid groups (broad SMARTS) is 1. The number of carboxylic acids is 1. The largest absolute Gasteiger partial charge is 0.481 e. The van der Waals surface area contributed by atoms with Gasteiger partial charge in [-0.25, -0.2) is 0 Å². The molecule has 0 saturated carbocycles. The SMILES string of the molecule is CCC(N)(CC)CCNCCCCN(CCC(N)(CC)CC)C(=O)CCCC(=O)O. The van der Waals surface area contributed by atoms with Gasteiger partial charge in [0.2, 0.25) is 5.91 Å². The predicted octanol–water partition coefficient (Wildman–Crippen LogP) is 3.25. The van der Waals surface area contributed by atoms with E-state index in [0.717, 1.165) is 64.5 Å². The molecule has 0 atom stereocenters. The molecule has 0 heterocycles. The van der Waals surface area contributed by atoms with E-state index in [0.29, 0.717) is 19.5 Å². The molecule has 0 bridgehead atoms. The van der Waals surface area contributed by atoms with Gasteiger partial charge >= 0.3 is 5.97 Å². The highest BCUT2D eigenvalue weighted by Crippen LogP contribution is 2.18. The standard InChI is InChI=1S/C23H48N4O3/c1-5-22(24,6-2)14-17-26-16-9-10-18-27(19-15-23(25,7-3)8-4)20(28)12-11-13-21(29)30/h26H,5-19,24-25H2,1-4H3,(H,29,30). The van der Waals surface area contributed by atoms with Gasteiger partial charge in [-0.3, -0.25) is 9.59 Å². The van der Waals surface area contributed by atoms with Crippen LogP contribution in [0.25, 0.3) is 0 Å². The molecule has 30 heavy (non-hydrogen) atoms. The molecule has 0 spiro atoms. The third-order valence-electron chi connectivity index (χ3n) is 6.66. The molecule has 0 rings (SSSR count). The predicted molar refractivity (Wildman–Crippen MR) is 124 cm³/mol. The summed E-state index contributed by atoms with van der Waals surface area (Å²) in [6.07, 6.45) is 8.10. The first-order chi connectivity index (χ1) is 14.1. The van der Waals surface area contributed by atoms with Gasteiger partial charge in [-0.1, -0.05) is 27.7 Å². The second-order valence-electron chi connectivity index (χ2n) is 8.72. The summed E-state index contributed by atoms with van der Waals surface area (Å²) in [4.78, 5) is 25.2. The first kappa shape index (κ1) is 28.8. The fraction of sp³-hybridized carbons (Fsp3) is 0.913. The van der Waals surface area contributed by atoms with Crippen molar-refractivity contribution in [2.24, 2.45) is 11.5 Å². The maximum absolute atomic E-state index is 12.6. The van der Waals surface area contributed by atoms with Crippen LogP contribution in [0.4, 0.5) is 0 Å². The van der Waals surface area contributed by atoms with Crippen LogP contribution in [0.2, 0.25) is 0 Å². The molecule has 0 aliphatic carbocycles. The second kappa shape index (κ2) is 15.6. The average molecular weight is 429 g/mol. The molecule has 0 aliphatic heterocycles. The van der Waals surface area contributed by atoms with E-state index in [1.54, 1.807) is 0 Å². The maximum atomic E-state index is 12.6. The van der Waals surface area contributed by atoms with Crippen molar-refractivity contribution in [3.05, 3.63) is 0 Å². The van der Waals surface area contributed by atoms with Gasteiger partial charge in [0.05, 0.1) is 0 Å². The Labute approximate surface area is 184 Å². The molecule has 0 aliphatic rings. The zero-order valence-electron chi connectivity index (χ0n) is 20.0. The number of carbonyl (C=O) groups is 2. The van der Waals surface area contributed by atoms with E-state index >= 15 is 0 Å². The van der Waals surface area contributed by atoms with Gasteiger partial charge in [0, 0.05) is 37.0 Å². The van der Waals surface area contributed by atoms with E-state index in [-0.39, 0.29) is 29.8 Å². The highest BCUT2D eigenvalue weighted by Gasteiger charge is 2.23. The Morgan fingerprint density at radius 2 is 1.37 bits per heavy atom. The molecule has 7 nitrogen and oxygen atoms in total. The summed E-state index contributed by atoms with van der Waals surface area (Å²) in [5, 5.41) is 12.3. The van der Waals surface area contributed by atoms with Gasteiger partial charge in [0.15, 0.2) is 0 Å². The van der Waals surface area contributed by atoms with Crippen molar-refractivity contribution in [2.45, 2.75) is 109 Å². The summed E-state index contributed by atoms with van der Waals surface area (Å²) in [6, 6.07) is 0. The molecule has 0 fully saturated rings. The Hall–Kier alpha value is -1.18. The monoisotopic (exact) mass is 428 g/mol. The van der Waals surface area contributed by atoms with Crippen LogP contribution in [-0.2, 0) is 9.59 Å². The number of nitrogens with two attached hydrogens (primary N) is 2. The van der Waals surface area contributed by atoms with E-state index in [9.17, 15) is 9.59 Å². The lowest BCUT2D eigenvalue weighted by molar-refractivity contribution is -0.137. The number of nitrogens with zero attached hydrogens (tertiary/aromatic N) is 1.